The molecule has 1 unspecified atom stereocenters. The Labute approximate surface area is 184 Å². The summed E-state index contributed by atoms with van der Waals surface area (Å²) < 4.78 is 7.20. The third-order valence-electron chi connectivity index (χ3n) is 5.15. The first-order valence-electron chi connectivity index (χ1n) is 10.2. The van der Waals surface area contributed by atoms with Gasteiger partial charge in [0.25, 0.3) is 5.56 Å². The predicted molar refractivity (Wildman–Crippen MR) is 120 cm³/mol. The first-order valence-corrected chi connectivity index (χ1v) is 11.0. The highest BCUT2D eigenvalue weighted by Crippen LogP contribution is 2.19. The number of aromatic amines is 1. The highest BCUT2D eigenvalue weighted by Gasteiger charge is 2.24. The monoisotopic (exact) mass is 439 g/mol. The number of methoxy groups -OCH3 is 1. The number of nitrogens with one attached hydrogen (secondary N) is 2. The molecule has 9 heteroatoms. The molecule has 0 amide bonds. The van der Waals surface area contributed by atoms with Crippen molar-refractivity contribution in [1.82, 2.24) is 25.2 Å². The quantitative estimate of drug-likeness (QED) is 0.460. The summed E-state index contributed by atoms with van der Waals surface area (Å²) in [6.45, 7) is 8.17. The van der Waals surface area contributed by atoms with Gasteiger partial charge in [0, 0.05) is 10.9 Å². The maximum Gasteiger partial charge on any atom is 0.257 e. The Bertz CT molecular complexity index is 1220. The fraction of sp³-hybridized carbons (Fsp3) is 0.364. The number of benzene rings is 1. The molecule has 3 heterocycles. The summed E-state index contributed by atoms with van der Waals surface area (Å²) in [5.74, 6) is 1.57. The number of pyridine rings is 1. The Balaban J connectivity index is 1.67. The molecule has 1 atom stereocenters. The Morgan fingerprint density at radius 2 is 2.00 bits per heavy atom. The minimum absolute atomic E-state index is 0.0724. The van der Waals surface area contributed by atoms with E-state index in [1.807, 2.05) is 35.0 Å². The van der Waals surface area contributed by atoms with E-state index in [-0.39, 0.29) is 11.1 Å². The molecule has 0 aliphatic heterocycles. The van der Waals surface area contributed by atoms with Gasteiger partial charge in [-0.3, -0.25) is 4.79 Å². The van der Waals surface area contributed by atoms with E-state index in [2.05, 4.69) is 52.7 Å². The lowest BCUT2D eigenvalue weighted by Crippen LogP contribution is -3.08. The van der Waals surface area contributed by atoms with E-state index in [0.29, 0.717) is 13.1 Å². The average molecular weight is 440 g/mol. The van der Waals surface area contributed by atoms with E-state index >= 15 is 0 Å². The molecule has 162 valence electrons. The van der Waals surface area contributed by atoms with Gasteiger partial charge in [-0.1, -0.05) is 6.07 Å². The zero-order valence-corrected chi connectivity index (χ0v) is 19.0. The van der Waals surface area contributed by atoms with Gasteiger partial charge in [-0.25, -0.2) is 4.68 Å². The SMILES string of the molecule is COc1ccc2[nH]c(=O)c(C[NH+](Cc3cccs3)Cc3nnnn3C(C)(C)C)cc2c1. The number of quaternary nitrogens is 1. The van der Waals surface area contributed by atoms with Crippen molar-refractivity contribution in [2.24, 2.45) is 0 Å². The van der Waals surface area contributed by atoms with Crippen molar-refractivity contribution >= 4 is 22.2 Å². The fourth-order valence-corrected chi connectivity index (χ4v) is 4.44. The topological polar surface area (TPSA) is 90.1 Å². The summed E-state index contributed by atoms with van der Waals surface area (Å²) in [6, 6.07) is 11.8. The van der Waals surface area contributed by atoms with E-state index in [9.17, 15) is 4.79 Å². The zero-order chi connectivity index (χ0) is 22.0. The maximum atomic E-state index is 12.8. The van der Waals surface area contributed by atoms with Crippen molar-refractivity contribution in [2.75, 3.05) is 7.11 Å². The number of ether oxygens (including phenoxy) is 1. The van der Waals surface area contributed by atoms with Crippen LogP contribution in [0.3, 0.4) is 0 Å². The van der Waals surface area contributed by atoms with Crippen molar-refractivity contribution in [3.8, 4) is 5.75 Å². The molecule has 0 spiro atoms. The van der Waals surface area contributed by atoms with Crippen LogP contribution in [-0.4, -0.2) is 32.3 Å². The Kier molecular flexibility index (Phi) is 5.88. The molecule has 0 bridgehead atoms. The first kappa shape index (κ1) is 21.2. The molecular formula is C22H27N6O2S+. The molecule has 0 radical (unpaired) electrons. The van der Waals surface area contributed by atoms with Crippen LogP contribution in [0, 0.1) is 0 Å². The van der Waals surface area contributed by atoms with E-state index in [0.717, 1.165) is 34.6 Å². The molecule has 8 nitrogen and oxygen atoms in total. The van der Waals surface area contributed by atoms with Gasteiger partial charge in [-0.15, -0.1) is 16.4 Å². The highest BCUT2D eigenvalue weighted by molar-refractivity contribution is 7.09. The van der Waals surface area contributed by atoms with Gasteiger partial charge in [0.05, 0.1) is 23.1 Å². The number of H-pyrrole nitrogens is 1. The van der Waals surface area contributed by atoms with Gasteiger partial charge < -0.3 is 14.6 Å². The molecular weight excluding hydrogens is 412 g/mol. The maximum absolute atomic E-state index is 12.8. The van der Waals surface area contributed by atoms with Crippen LogP contribution in [0.25, 0.3) is 10.9 Å². The molecule has 0 fully saturated rings. The number of aromatic nitrogens is 5. The predicted octanol–water partition coefficient (Wildman–Crippen LogP) is 2.12. The van der Waals surface area contributed by atoms with Crippen LogP contribution in [0.2, 0.25) is 0 Å². The fourth-order valence-electron chi connectivity index (χ4n) is 3.67. The molecule has 0 saturated carbocycles. The van der Waals surface area contributed by atoms with Crippen LogP contribution in [0.1, 0.15) is 37.0 Å². The molecule has 0 saturated heterocycles. The minimum Gasteiger partial charge on any atom is -0.497 e. The van der Waals surface area contributed by atoms with Crippen LogP contribution in [-0.2, 0) is 25.2 Å². The van der Waals surface area contributed by atoms with Crippen molar-refractivity contribution in [2.45, 2.75) is 45.9 Å². The lowest BCUT2D eigenvalue weighted by molar-refractivity contribution is -0.941. The lowest BCUT2D eigenvalue weighted by atomic mass is 10.1. The van der Waals surface area contributed by atoms with Gasteiger partial charge in [0.2, 0.25) is 5.82 Å². The van der Waals surface area contributed by atoms with Crippen LogP contribution >= 0.6 is 11.3 Å². The van der Waals surface area contributed by atoms with Crippen molar-refractivity contribution in [1.29, 1.82) is 0 Å². The molecule has 0 aliphatic carbocycles. The van der Waals surface area contributed by atoms with Crippen LogP contribution in [0.15, 0.2) is 46.6 Å². The number of nitrogens with zero attached hydrogens (tertiary/aromatic N) is 4. The second-order valence-electron chi connectivity index (χ2n) is 8.61. The number of tetrazole rings is 1. The van der Waals surface area contributed by atoms with Gasteiger partial charge >= 0.3 is 0 Å². The lowest BCUT2D eigenvalue weighted by Gasteiger charge is -2.23. The van der Waals surface area contributed by atoms with E-state index in [1.54, 1.807) is 18.4 Å². The molecule has 2 N–H and O–H groups in total. The minimum atomic E-state index is -0.218. The summed E-state index contributed by atoms with van der Waals surface area (Å²) in [4.78, 5) is 18.3. The van der Waals surface area contributed by atoms with Gasteiger partial charge in [-0.05, 0) is 66.9 Å². The van der Waals surface area contributed by atoms with Crippen molar-refractivity contribution < 1.29 is 9.64 Å². The largest absolute Gasteiger partial charge is 0.497 e. The molecule has 3 aromatic heterocycles. The molecule has 4 aromatic rings. The summed E-state index contributed by atoms with van der Waals surface area (Å²) in [7, 11) is 1.64. The van der Waals surface area contributed by atoms with Crippen LogP contribution in [0.5, 0.6) is 5.75 Å². The summed E-state index contributed by atoms with van der Waals surface area (Å²) in [6.07, 6.45) is 0. The van der Waals surface area contributed by atoms with Crippen LogP contribution in [0.4, 0.5) is 0 Å². The summed E-state index contributed by atoms with van der Waals surface area (Å²) in [5.41, 5.74) is 1.23. The van der Waals surface area contributed by atoms with E-state index in [1.165, 1.54) is 9.78 Å². The van der Waals surface area contributed by atoms with Crippen LogP contribution < -0.4 is 15.2 Å². The Hall–Kier alpha value is -3.04. The van der Waals surface area contributed by atoms with Gasteiger partial charge in [0.15, 0.2) is 0 Å². The third-order valence-corrected chi connectivity index (χ3v) is 6.03. The highest BCUT2D eigenvalue weighted by atomic mass is 32.1. The average Bonchev–Trinajstić information content (AvgIpc) is 3.40. The van der Waals surface area contributed by atoms with E-state index < -0.39 is 0 Å². The Morgan fingerprint density at radius 3 is 2.71 bits per heavy atom. The first-order chi connectivity index (χ1) is 14.8. The number of hydrogen-bond donors (Lipinski definition) is 2. The van der Waals surface area contributed by atoms with Gasteiger partial charge in [0.1, 0.15) is 25.4 Å². The second-order valence-corrected chi connectivity index (χ2v) is 9.65. The molecule has 1 aromatic carbocycles. The molecule has 0 aliphatic rings. The number of thiophene rings is 1. The normalized spacial score (nSPS) is 12.9. The van der Waals surface area contributed by atoms with Crippen molar-refractivity contribution in [3.05, 3.63) is 68.4 Å². The molecule has 4 rings (SSSR count). The molecule has 31 heavy (non-hydrogen) atoms. The summed E-state index contributed by atoms with van der Waals surface area (Å²) in [5, 5.41) is 15.4. The number of rotatable bonds is 7. The standard InChI is InChI=1S/C22H26N6O2S/c1-22(2,3)28-20(24-25-26-28)14-27(13-18-6-5-9-31-18)12-16-10-15-11-17(30-4)7-8-19(15)23-21(16)29/h5-11H,12-14H2,1-4H3,(H,23,29)/p+1. The summed E-state index contributed by atoms with van der Waals surface area (Å²) >= 11 is 1.71. The number of hydrogen-bond acceptors (Lipinski definition) is 6. The van der Waals surface area contributed by atoms with Gasteiger partial charge in [-0.2, -0.15) is 0 Å². The smallest absolute Gasteiger partial charge is 0.257 e. The number of fused-ring (bicyclic) bond motifs is 1. The Morgan fingerprint density at radius 1 is 1.16 bits per heavy atom. The van der Waals surface area contributed by atoms with E-state index in [4.69, 9.17) is 4.74 Å². The third kappa shape index (κ3) is 4.83. The zero-order valence-electron chi connectivity index (χ0n) is 18.2. The van der Waals surface area contributed by atoms with Crippen molar-refractivity contribution in [3.63, 3.8) is 0 Å². The second kappa shape index (κ2) is 8.60.